The summed E-state index contributed by atoms with van der Waals surface area (Å²) in [6.45, 7) is 0.122. The molecule has 8 nitrogen and oxygen atoms in total. The quantitative estimate of drug-likeness (QED) is 0.556. The number of fused-ring (bicyclic) bond motifs is 3. The van der Waals surface area contributed by atoms with E-state index in [1.807, 2.05) is 24.3 Å². The monoisotopic (exact) mass is 423 g/mol. The minimum Gasteiger partial charge on any atom is -0.467 e. The first-order chi connectivity index (χ1) is 14.9. The van der Waals surface area contributed by atoms with Gasteiger partial charge in [0.15, 0.2) is 0 Å². The molecule has 3 amide bonds. The normalized spacial score (nSPS) is 22.4. The maximum Gasteiger partial charge on any atom is 0.328 e. The van der Waals surface area contributed by atoms with Crippen molar-refractivity contribution in [3.05, 3.63) is 36.0 Å². The number of benzene rings is 1. The molecule has 1 saturated heterocycles. The van der Waals surface area contributed by atoms with Gasteiger partial charge in [-0.3, -0.25) is 19.3 Å². The van der Waals surface area contributed by atoms with Gasteiger partial charge in [0, 0.05) is 17.4 Å². The highest BCUT2D eigenvalue weighted by Crippen LogP contribution is 2.48. The summed E-state index contributed by atoms with van der Waals surface area (Å²) in [5, 5.41) is 0.875. The lowest BCUT2D eigenvalue weighted by Crippen LogP contribution is -2.51. The fraction of sp³-hybridized carbons (Fsp3) is 0.478. The Morgan fingerprint density at radius 3 is 2.65 bits per heavy atom. The topological polar surface area (TPSA) is 88.9 Å². The number of esters is 1. The number of para-hydroxylation sites is 1. The Morgan fingerprint density at radius 1 is 1.16 bits per heavy atom. The van der Waals surface area contributed by atoms with E-state index in [1.165, 1.54) is 12.0 Å². The fourth-order valence-electron chi connectivity index (χ4n) is 5.57. The molecule has 8 heteroatoms. The van der Waals surface area contributed by atoms with E-state index in [-0.39, 0.29) is 24.4 Å². The highest BCUT2D eigenvalue weighted by molar-refractivity contribution is 6.11. The molecule has 5 rings (SSSR count). The third kappa shape index (κ3) is 3.12. The molecule has 162 valence electrons. The second kappa shape index (κ2) is 7.21. The van der Waals surface area contributed by atoms with Crippen LogP contribution in [-0.4, -0.2) is 64.3 Å². The van der Waals surface area contributed by atoms with Crippen molar-refractivity contribution in [3.63, 3.8) is 0 Å². The van der Waals surface area contributed by atoms with Gasteiger partial charge in [-0.25, -0.2) is 4.79 Å². The molecule has 31 heavy (non-hydrogen) atoms. The summed E-state index contributed by atoms with van der Waals surface area (Å²) in [4.78, 5) is 54.1. The lowest BCUT2D eigenvalue weighted by Gasteiger charge is -2.30. The number of hydrogen-bond donors (Lipinski definition) is 0. The molecule has 2 aliphatic heterocycles. The largest absolute Gasteiger partial charge is 0.467 e. The molecular formula is C23H25N3O5. The average Bonchev–Trinajstić information content (AvgIpc) is 3.48. The van der Waals surface area contributed by atoms with E-state index < -0.39 is 23.8 Å². The minimum atomic E-state index is -0.656. The molecule has 1 saturated carbocycles. The number of methoxy groups -OCH3 is 1. The summed E-state index contributed by atoms with van der Waals surface area (Å²) in [7, 11) is 1.32. The Morgan fingerprint density at radius 2 is 1.90 bits per heavy atom. The number of carbonyl (C=O) groups excluding carboxylic acids is 4. The van der Waals surface area contributed by atoms with E-state index in [0.29, 0.717) is 18.7 Å². The minimum absolute atomic E-state index is 0.00618. The van der Waals surface area contributed by atoms with Crippen molar-refractivity contribution in [1.82, 2.24) is 14.4 Å². The average molecular weight is 423 g/mol. The zero-order valence-electron chi connectivity index (χ0n) is 17.5. The van der Waals surface area contributed by atoms with Crippen molar-refractivity contribution >= 4 is 34.6 Å². The molecule has 1 aromatic heterocycles. The van der Waals surface area contributed by atoms with Crippen LogP contribution in [0.2, 0.25) is 0 Å². The van der Waals surface area contributed by atoms with E-state index >= 15 is 0 Å². The summed E-state index contributed by atoms with van der Waals surface area (Å²) in [5.41, 5.74) is 1.15. The molecule has 0 radical (unpaired) electrons. The number of nitrogens with zero attached hydrogens (tertiary/aromatic N) is 3. The van der Waals surface area contributed by atoms with Crippen molar-refractivity contribution in [3.8, 4) is 0 Å². The second-order valence-corrected chi connectivity index (χ2v) is 8.93. The Labute approximate surface area is 179 Å². The van der Waals surface area contributed by atoms with Crippen molar-refractivity contribution in [2.45, 2.75) is 44.7 Å². The highest BCUT2D eigenvalue weighted by Gasteiger charge is 2.50. The van der Waals surface area contributed by atoms with Crippen LogP contribution >= 0.6 is 0 Å². The maximum atomic E-state index is 13.2. The van der Waals surface area contributed by atoms with E-state index in [9.17, 15) is 19.2 Å². The molecule has 0 N–H and O–H groups in total. The van der Waals surface area contributed by atoms with E-state index in [4.69, 9.17) is 4.74 Å². The molecule has 1 spiro atoms. The first-order valence-electron chi connectivity index (χ1n) is 10.7. The third-order valence-corrected chi connectivity index (χ3v) is 7.13. The predicted molar refractivity (Wildman–Crippen MR) is 111 cm³/mol. The summed E-state index contributed by atoms with van der Waals surface area (Å²) in [6.07, 6.45) is 4.71. The van der Waals surface area contributed by atoms with Gasteiger partial charge in [0.25, 0.3) is 5.91 Å². The summed E-state index contributed by atoms with van der Waals surface area (Å²) in [5.74, 6) is -1.72. The van der Waals surface area contributed by atoms with Crippen molar-refractivity contribution in [1.29, 1.82) is 0 Å². The maximum absolute atomic E-state index is 13.2. The first-order valence-corrected chi connectivity index (χ1v) is 10.7. The van der Waals surface area contributed by atoms with Gasteiger partial charge < -0.3 is 14.2 Å². The molecule has 1 aliphatic carbocycles. The summed E-state index contributed by atoms with van der Waals surface area (Å²) >= 11 is 0. The molecule has 1 aromatic carbocycles. The second-order valence-electron chi connectivity index (χ2n) is 8.93. The van der Waals surface area contributed by atoms with E-state index in [2.05, 4.69) is 0 Å². The highest BCUT2D eigenvalue weighted by atomic mass is 16.5. The van der Waals surface area contributed by atoms with Crippen LogP contribution in [0, 0.1) is 5.41 Å². The van der Waals surface area contributed by atoms with Gasteiger partial charge in [-0.05, 0) is 36.8 Å². The molecule has 1 unspecified atom stereocenters. The Balaban J connectivity index is 1.40. The number of imide groups is 1. The summed E-state index contributed by atoms with van der Waals surface area (Å²) < 4.78 is 6.64. The Bertz CT molecular complexity index is 1100. The number of hydrogen-bond acceptors (Lipinski definition) is 5. The smallest absolute Gasteiger partial charge is 0.328 e. The van der Waals surface area contributed by atoms with Crippen LogP contribution in [0.1, 0.15) is 42.6 Å². The van der Waals surface area contributed by atoms with Gasteiger partial charge in [0.2, 0.25) is 11.8 Å². The number of aromatic nitrogens is 1. The van der Waals surface area contributed by atoms with Crippen molar-refractivity contribution in [2.75, 3.05) is 20.2 Å². The van der Waals surface area contributed by atoms with Crippen LogP contribution in [0.3, 0.4) is 0 Å². The van der Waals surface area contributed by atoms with Crippen LogP contribution in [-0.2, 0) is 25.7 Å². The van der Waals surface area contributed by atoms with Crippen LogP contribution < -0.4 is 0 Å². The number of likely N-dealkylation sites (tertiary alicyclic amines) is 1. The van der Waals surface area contributed by atoms with Crippen LogP contribution in [0.25, 0.3) is 10.9 Å². The molecule has 3 aliphatic rings. The zero-order valence-corrected chi connectivity index (χ0v) is 17.5. The molecular weight excluding hydrogens is 398 g/mol. The van der Waals surface area contributed by atoms with Gasteiger partial charge in [0.1, 0.15) is 24.8 Å². The Kier molecular flexibility index (Phi) is 4.60. The molecule has 3 heterocycles. The van der Waals surface area contributed by atoms with E-state index in [1.54, 1.807) is 10.6 Å². The predicted octanol–water partition coefficient (Wildman–Crippen LogP) is 1.96. The number of carbonyl (C=O) groups is 4. The fourth-order valence-corrected chi connectivity index (χ4v) is 5.57. The molecule has 2 aromatic rings. The van der Waals surface area contributed by atoms with Crippen molar-refractivity contribution in [2.24, 2.45) is 5.41 Å². The number of rotatable bonds is 3. The Hall–Kier alpha value is -3.16. The lowest BCUT2D eigenvalue weighted by molar-refractivity contribution is -0.151. The molecule has 0 bridgehead atoms. The van der Waals surface area contributed by atoms with Crippen LogP contribution in [0.15, 0.2) is 30.3 Å². The summed E-state index contributed by atoms with van der Waals surface area (Å²) in [6, 6.07) is 8.59. The van der Waals surface area contributed by atoms with Crippen molar-refractivity contribution < 1.29 is 23.9 Å². The SMILES string of the molecule is COC(=O)C1CC2(CCCC2)CN1C(=O)CN1C(=O)Cn2c(cc3ccccc32)C1=O. The van der Waals surface area contributed by atoms with Gasteiger partial charge in [0.05, 0.1) is 7.11 Å². The third-order valence-electron chi connectivity index (χ3n) is 7.13. The molecule has 1 atom stereocenters. The van der Waals surface area contributed by atoms with E-state index in [0.717, 1.165) is 41.5 Å². The standard InChI is InChI=1S/C23H25N3O5/c1-31-22(30)18-11-23(8-4-5-9-23)14-26(18)20(28)13-25-19(27)12-24-16-7-3-2-6-15(16)10-17(24)21(25)29/h2-3,6-7,10,18H,4-5,8-9,11-14H2,1H3. The molecule has 2 fully saturated rings. The van der Waals surface area contributed by atoms with Crippen LogP contribution in [0.5, 0.6) is 0 Å². The van der Waals surface area contributed by atoms with Gasteiger partial charge in [-0.15, -0.1) is 0 Å². The number of ether oxygens (including phenoxy) is 1. The van der Waals surface area contributed by atoms with Gasteiger partial charge in [-0.2, -0.15) is 0 Å². The lowest BCUT2D eigenvalue weighted by atomic mass is 9.84. The van der Waals surface area contributed by atoms with Crippen LogP contribution in [0.4, 0.5) is 0 Å². The zero-order chi connectivity index (χ0) is 21.8. The first kappa shape index (κ1) is 19.8. The van der Waals surface area contributed by atoms with Gasteiger partial charge in [-0.1, -0.05) is 31.0 Å². The van der Waals surface area contributed by atoms with Gasteiger partial charge >= 0.3 is 5.97 Å². The number of amides is 3.